The predicted octanol–water partition coefficient (Wildman–Crippen LogP) is 3.73. The molecule has 4 heterocycles. The second-order valence-electron chi connectivity index (χ2n) is 8.78. The van der Waals surface area contributed by atoms with Crippen molar-refractivity contribution in [3.63, 3.8) is 0 Å². The average Bonchev–Trinajstić information content (AvgIpc) is 3.42. The molecule has 3 amide bonds. The highest BCUT2D eigenvalue weighted by Crippen LogP contribution is 2.61. The fourth-order valence-corrected chi connectivity index (χ4v) is 6.69. The zero-order chi connectivity index (χ0) is 21.7. The van der Waals surface area contributed by atoms with Crippen molar-refractivity contribution >= 4 is 52.3 Å². The highest BCUT2D eigenvalue weighted by atomic mass is 35.5. The van der Waals surface area contributed by atoms with E-state index in [9.17, 15) is 14.4 Å². The minimum Gasteiger partial charge on any atom is -0.323 e. The minimum absolute atomic E-state index is 0.158. The molecule has 1 spiro atoms. The summed E-state index contributed by atoms with van der Waals surface area (Å²) >= 11 is 12.5. The Bertz CT molecular complexity index is 1180. The summed E-state index contributed by atoms with van der Waals surface area (Å²) < 4.78 is 0. The van der Waals surface area contributed by atoms with E-state index in [1.807, 2.05) is 13.0 Å². The number of hydrogen-bond donors (Lipinski definition) is 1. The highest BCUT2D eigenvalue weighted by molar-refractivity contribution is 6.35. The van der Waals surface area contributed by atoms with Crippen molar-refractivity contribution in [1.82, 2.24) is 4.90 Å². The summed E-state index contributed by atoms with van der Waals surface area (Å²) in [6.07, 6.45) is 1.65. The quantitative estimate of drug-likeness (QED) is 0.665. The summed E-state index contributed by atoms with van der Waals surface area (Å²) in [4.78, 5) is 44.4. The molecule has 6 rings (SSSR count). The van der Waals surface area contributed by atoms with E-state index in [0.29, 0.717) is 33.5 Å². The maximum Gasteiger partial charge on any atom is 0.250 e. The van der Waals surface area contributed by atoms with Crippen LogP contribution in [0, 0.1) is 18.8 Å². The fraction of sp³-hybridized carbons (Fsp3) is 0.348. The largest absolute Gasteiger partial charge is 0.323 e. The van der Waals surface area contributed by atoms with Crippen LogP contribution in [0.15, 0.2) is 36.4 Å². The first-order valence-electron chi connectivity index (χ1n) is 10.4. The average molecular weight is 456 g/mol. The van der Waals surface area contributed by atoms with Crippen molar-refractivity contribution in [2.45, 2.75) is 31.3 Å². The van der Waals surface area contributed by atoms with Crippen LogP contribution in [-0.4, -0.2) is 35.2 Å². The van der Waals surface area contributed by atoms with Crippen molar-refractivity contribution in [3.05, 3.63) is 57.6 Å². The second-order valence-corrected chi connectivity index (χ2v) is 9.63. The number of imide groups is 1. The number of nitrogens with zero attached hydrogens (tertiary/aromatic N) is 2. The first-order chi connectivity index (χ1) is 14.9. The third-order valence-corrected chi connectivity index (χ3v) is 7.83. The Morgan fingerprint density at radius 3 is 2.55 bits per heavy atom. The molecule has 4 aliphatic rings. The maximum atomic E-state index is 13.8. The van der Waals surface area contributed by atoms with E-state index in [0.717, 1.165) is 18.4 Å². The number of benzene rings is 2. The van der Waals surface area contributed by atoms with E-state index in [1.54, 1.807) is 30.3 Å². The summed E-state index contributed by atoms with van der Waals surface area (Å²) in [7, 11) is 0. The Labute approximate surface area is 189 Å². The van der Waals surface area contributed by atoms with Crippen LogP contribution in [0.3, 0.4) is 0 Å². The number of carbonyl (C=O) groups excluding carboxylic acids is 3. The Hall–Kier alpha value is -2.41. The van der Waals surface area contributed by atoms with E-state index in [2.05, 4.69) is 10.2 Å². The summed E-state index contributed by atoms with van der Waals surface area (Å²) in [5, 5.41) is 3.91. The molecule has 2 aromatic rings. The molecule has 2 aromatic carbocycles. The van der Waals surface area contributed by atoms with E-state index in [4.69, 9.17) is 23.2 Å². The lowest BCUT2D eigenvalue weighted by Crippen LogP contribution is -2.54. The van der Waals surface area contributed by atoms with Crippen molar-refractivity contribution in [3.8, 4) is 0 Å². The molecule has 0 aliphatic carbocycles. The lowest BCUT2D eigenvalue weighted by molar-refractivity contribution is -0.135. The lowest BCUT2D eigenvalue weighted by Gasteiger charge is -2.36. The number of fused-ring (bicyclic) bond motifs is 7. The monoisotopic (exact) mass is 455 g/mol. The molecular formula is C23H19Cl2N3O3. The van der Waals surface area contributed by atoms with Crippen molar-refractivity contribution in [2.24, 2.45) is 11.8 Å². The number of amides is 3. The van der Waals surface area contributed by atoms with Gasteiger partial charge in [-0.2, -0.15) is 0 Å². The van der Waals surface area contributed by atoms with Crippen LogP contribution in [-0.2, 0) is 19.9 Å². The van der Waals surface area contributed by atoms with Gasteiger partial charge in [-0.25, -0.2) is 4.90 Å². The molecule has 0 saturated carbocycles. The number of carbonyl (C=O) groups is 3. The van der Waals surface area contributed by atoms with Crippen molar-refractivity contribution in [2.75, 3.05) is 16.8 Å². The molecule has 8 heteroatoms. The minimum atomic E-state index is -1.22. The SMILES string of the molecule is Cc1cc(Cl)c2c(c1)C1(C(=O)N2)C2C(=O)N(c3ccc(Cl)cc3)C(=O)C2C2CCCN21. The number of halogens is 2. The van der Waals surface area contributed by atoms with Gasteiger partial charge in [0.1, 0.15) is 5.54 Å². The molecular weight excluding hydrogens is 437 g/mol. The molecule has 0 radical (unpaired) electrons. The third-order valence-electron chi connectivity index (χ3n) is 7.28. The van der Waals surface area contributed by atoms with Gasteiger partial charge >= 0.3 is 0 Å². The summed E-state index contributed by atoms with van der Waals surface area (Å²) in [6.45, 7) is 2.58. The van der Waals surface area contributed by atoms with E-state index in [-0.39, 0.29) is 23.8 Å². The van der Waals surface area contributed by atoms with Crippen LogP contribution in [0.25, 0.3) is 0 Å². The second kappa shape index (κ2) is 6.31. The Balaban J connectivity index is 1.57. The lowest BCUT2D eigenvalue weighted by atomic mass is 9.75. The van der Waals surface area contributed by atoms with Gasteiger partial charge in [-0.1, -0.05) is 29.3 Å². The number of hydrogen-bond acceptors (Lipinski definition) is 4. The number of anilines is 2. The predicted molar refractivity (Wildman–Crippen MR) is 117 cm³/mol. The number of nitrogens with one attached hydrogen (secondary N) is 1. The Kier molecular flexibility index (Phi) is 3.93. The van der Waals surface area contributed by atoms with Gasteiger partial charge in [-0.15, -0.1) is 0 Å². The molecule has 31 heavy (non-hydrogen) atoms. The van der Waals surface area contributed by atoms with Gasteiger partial charge in [0, 0.05) is 16.6 Å². The maximum absolute atomic E-state index is 13.8. The fourth-order valence-electron chi connectivity index (χ4n) is 6.24. The first kappa shape index (κ1) is 19.3. The molecule has 158 valence electrons. The van der Waals surface area contributed by atoms with Gasteiger partial charge in [0.15, 0.2) is 0 Å². The van der Waals surface area contributed by atoms with Crippen LogP contribution in [0.2, 0.25) is 10.0 Å². The van der Waals surface area contributed by atoms with Gasteiger partial charge in [0.2, 0.25) is 11.8 Å². The molecule has 4 unspecified atom stereocenters. The van der Waals surface area contributed by atoms with Crippen LogP contribution in [0.4, 0.5) is 11.4 Å². The standard InChI is InChI=1S/C23H19Cl2N3O3/c1-11-9-14-19(15(25)10-11)26-22(31)23(14)18-17(16-3-2-8-27(16)23)20(29)28(21(18)30)13-6-4-12(24)5-7-13/h4-7,9-10,16-18H,2-3,8H2,1H3,(H,26,31). The highest BCUT2D eigenvalue weighted by Gasteiger charge is 2.74. The van der Waals surface area contributed by atoms with Gasteiger partial charge in [-0.05, 0) is 62.2 Å². The van der Waals surface area contributed by atoms with Gasteiger partial charge in [0.25, 0.3) is 5.91 Å². The Morgan fingerprint density at radius 2 is 1.81 bits per heavy atom. The summed E-state index contributed by atoms with van der Waals surface area (Å²) in [5.74, 6) is -2.21. The van der Waals surface area contributed by atoms with Crippen LogP contribution >= 0.6 is 23.2 Å². The van der Waals surface area contributed by atoms with E-state index in [1.165, 1.54) is 4.90 Å². The molecule has 4 atom stereocenters. The zero-order valence-corrected chi connectivity index (χ0v) is 18.2. The molecule has 3 saturated heterocycles. The number of aryl methyl sites for hydroxylation is 1. The van der Waals surface area contributed by atoms with Crippen LogP contribution < -0.4 is 10.2 Å². The summed E-state index contributed by atoms with van der Waals surface area (Å²) in [6, 6.07) is 10.2. The molecule has 0 aromatic heterocycles. The molecule has 0 bridgehead atoms. The summed E-state index contributed by atoms with van der Waals surface area (Å²) in [5.41, 5.74) is 1.43. The smallest absolute Gasteiger partial charge is 0.250 e. The van der Waals surface area contributed by atoms with E-state index >= 15 is 0 Å². The topological polar surface area (TPSA) is 69.7 Å². The molecule has 3 fully saturated rings. The van der Waals surface area contributed by atoms with Crippen LogP contribution in [0.5, 0.6) is 0 Å². The normalized spacial score (nSPS) is 31.4. The van der Waals surface area contributed by atoms with Gasteiger partial charge in [-0.3, -0.25) is 19.3 Å². The first-order valence-corrected chi connectivity index (χ1v) is 11.1. The zero-order valence-electron chi connectivity index (χ0n) is 16.7. The van der Waals surface area contributed by atoms with Gasteiger partial charge < -0.3 is 5.32 Å². The van der Waals surface area contributed by atoms with Crippen molar-refractivity contribution < 1.29 is 14.4 Å². The third kappa shape index (κ3) is 2.25. The Morgan fingerprint density at radius 1 is 1.06 bits per heavy atom. The molecule has 4 aliphatic heterocycles. The molecule has 1 N–H and O–H groups in total. The van der Waals surface area contributed by atoms with Crippen LogP contribution in [0.1, 0.15) is 24.0 Å². The van der Waals surface area contributed by atoms with E-state index < -0.39 is 17.4 Å². The van der Waals surface area contributed by atoms with Gasteiger partial charge in [0.05, 0.1) is 28.2 Å². The number of rotatable bonds is 1. The van der Waals surface area contributed by atoms with Crippen molar-refractivity contribution in [1.29, 1.82) is 0 Å². The molecule has 6 nitrogen and oxygen atoms in total.